The summed E-state index contributed by atoms with van der Waals surface area (Å²) in [5.74, 6) is 0.979. The number of fused-ring (bicyclic) bond motifs is 1. The number of aliphatic hydroxyl groups excluding tert-OH is 1. The molecule has 1 unspecified atom stereocenters. The highest BCUT2D eigenvalue weighted by atomic mass is 16.5. The highest BCUT2D eigenvalue weighted by Gasteiger charge is 2.23. The molecule has 2 aliphatic rings. The Morgan fingerprint density at radius 3 is 2.81 bits per heavy atom. The summed E-state index contributed by atoms with van der Waals surface area (Å²) in [6.45, 7) is 6.29. The summed E-state index contributed by atoms with van der Waals surface area (Å²) in [4.78, 5) is 14.9. The van der Waals surface area contributed by atoms with Crippen LogP contribution in [0.15, 0.2) is 48.5 Å². The first kappa shape index (κ1) is 22.8. The highest BCUT2D eigenvalue weighted by molar-refractivity contribution is 5.80. The lowest BCUT2D eigenvalue weighted by Crippen LogP contribution is -2.44. The SMILES string of the molecule is CC(Oc1ccccc1[C@@H]1CCCNC1)C(=O)NC[C@@H](O)CN1CCc2ccccc2C1. The quantitative estimate of drug-likeness (QED) is 0.592. The predicted octanol–water partition coefficient (Wildman–Crippen LogP) is 2.46. The number of rotatable bonds is 8. The van der Waals surface area contributed by atoms with E-state index < -0.39 is 12.2 Å². The molecule has 1 amide bonds. The van der Waals surface area contributed by atoms with Crippen LogP contribution in [0.2, 0.25) is 0 Å². The van der Waals surface area contributed by atoms with E-state index in [4.69, 9.17) is 4.74 Å². The number of carbonyl (C=O) groups is 1. The van der Waals surface area contributed by atoms with Crippen LogP contribution >= 0.6 is 0 Å². The molecule has 3 N–H and O–H groups in total. The summed E-state index contributed by atoms with van der Waals surface area (Å²) in [5.41, 5.74) is 3.87. The number of hydrogen-bond donors (Lipinski definition) is 3. The number of aliphatic hydroxyl groups is 1. The maximum atomic E-state index is 12.6. The molecule has 172 valence electrons. The van der Waals surface area contributed by atoms with Crippen LogP contribution in [-0.2, 0) is 17.8 Å². The zero-order valence-electron chi connectivity index (χ0n) is 18.9. The summed E-state index contributed by atoms with van der Waals surface area (Å²) in [7, 11) is 0. The van der Waals surface area contributed by atoms with Gasteiger partial charge in [-0.25, -0.2) is 0 Å². The fraction of sp³-hybridized carbons (Fsp3) is 0.500. The van der Waals surface area contributed by atoms with Gasteiger partial charge in [0.05, 0.1) is 6.10 Å². The Morgan fingerprint density at radius 2 is 2.00 bits per heavy atom. The Balaban J connectivity index is 1.25. The van der Waals surface area contributed by atoms with E-state index in [9.17, 15) is 9.90 Å². The summed E-state index contributed by atoms with van der Waals surface area (Å²) < 4.78 is 6.05. The normalized spacial score (nSPS) is 20.8. The minimum Gasteiger partial charge on any atom is -0.481 e. The Labute approximate surface area is 191 Å². The number of amides is 1. The Kier molecular flexibility index (Phi) is 7.79. The maximum Gasteiger partial charge on any atom is 0.260 e. The van der Waals surface area contributed by atoms with Crippen molar-refractivity contribution < 1.29 is 14.6 Å². The first-order valence-electron chi connectivity index (χ1n) is 11.8. The lowest BCUT2D eigenvalue weighted by Gasteiger charge is -2.30. The molecule has 0 radical (unpaired) electrons. The molecular formula is C26H35N3O3. The van der Waals surface area contributed by atoms with Crippen molar-refractivity contribution in [3.05, 3.63) is 65.2 Å². The fourth-order valence-corrected chi connectivity index (χ4v) is 4.72. The molecule has 0 bridgehead atoms. The van der Waals surface area contributed by atoms with Crippen LogP contribution in [0.1, 0.15) is 42.4 Å². The fourth-order valence-electron chi connectivity index (χ4n) is 4.72. The van der Waals surface area contributed by atoms with E-state index in [1.165, 1.54) is 11.1 Å². The number of β-amino-alcohol motifs (C(OH)–C–C–N with tert-alkyl or cyclic N) is 1. The van der Waals surface area contributed by atoms with Gasteiger partial charge in [0.1, 0.15) is 5.75 Å². The third-order valence-corrected chi connectivity index (χ3v) is 6.52. The summed E-state index contributed by atoms with van der Waals surface area (Å²) in [6.07, 6.45) is 2.03. The van der Waals surface area contributed by atoms with E-state index in [0.29, 0.717) is 12.5 Å². The monoisotopic (exact) mass is 437 g/mol. The van der Waals surface area contributed by atoms with Gasteiger partial charge in [-0.05, 0) is 55.5 Å². The third-order valence-electron chi connectivity index (χ3n) is 6.52. The molecule has 6 nitrogen and oxygen atoms in total. The molecular weight excluding hydrogens is 402 g/mol. The Bertz CT molecular complexity index is 897. The van der Waals surface area contributed by atoms with Crippen molar-refractivity contribution in [1.82, 2.24) is 15.5 Å². The van der Waals surface area contributed by atoms with Gasteiger partial charge in [-0.15, -0.1) is 0 Å². The van der Waals surface area contributed by atoms with Crippen molar-refractivity contribution in [3.63, 3.8) is 0 Å². The smallest absolute Gasteiger partial charge is 0.260 e. The van der Waals surface area contributed by atoms with Crippen LogP contribution < -0.4 is 15.4 Å². The van der Waals surface area contributed by atoms with Crippen molar-refractivity contribution in [2.45, 2.75) is 50.9 Å². The minimum atomic E-state index is -0.623. The third kappa shape index (κ3) is 5.88. The average molecular weight is 438 g/mol. The number of piperidine rings is 1. The molecule has 6 heteroatoms. The second kappa shape index (κ2) is 10.9. The van der Waals surface area contributed by atoms with Gasteiger partial charge >= 0.3 is 0 Å². The molecule has 2 heterocycles. The van der Waals surface area contributed by atoms with Crippen LogP contribution in [-0.4, -0.2) is 60.8 Å². The molecule has 2 aliphatic heterocycles. The largest absolute Gasteiger partial charge is 0.481 e. The van der Waals surface area contributed by atoms with Gasteiger partial charge < -0.3 is 20.5 Å². The molecule has 2 aromatic rings. The van der Waals surface area contributed by atoms with Gasteiger partial charge in [0.15, 0.2) is 6.10 Å². The number of nitrogens with one attached hydrogen (secondary N) is 2. The molecule has 1 saturated heterocycles. The maximum absolute atomic E-state index is 12.6. The van der Waals surface area contributed by atoms with Crippen LogP contribution in [0.3, 0.4) is 0 Å². The minimum absolute atomic E-state index is 0.204. The van der Waals surface area contributed by atoms with E-state index in [1.807, 2.05) is 18.2 Å². The van der Waals surface area contributed by atoms with Crippen LogP contribution in [0.5, 0.6) is 5.75 Å². The topological polar surface area (TPSA) is 73.8 Å². The van der Waals surface area contributed by atoms with E-state index in [2.05, 4.69) is 45.9 Å². The second-order valence-electron chi connectivity index (χ2n) is 8.99. The van der Waals surface area contributed by atoms with E-state index in [1.54, 1.807) is 6.92 Å². The van der Waals surface area contributed by atoms with Crippen molar-refractivity contribution in [3.8, 4) is 5.75 Å². The van der Waals surface area contributed by atoms with Gasteiger partial charge in [0.25, 0.3) is 5.91 Å². The number of hydrogen-bond acceptors (Lipinski definition) is 5. The van der Waals surface area contributed by atoms with Gasteiger partial charge in [0, 0.05) is 38.6 Å². The van der Waals surface area contributed by atoms with Crippen molar-refractivity contribution in [2.24, 2.45) is 0 Å². The molecule has 0 saturated carbocycles. The zero-order valence-corrected chi connectivity index (χ0v) is 18.9. The summed E-state index contributed by atoms with van der Waals surface area (Å²) in [6, 6.07) is 16.5. The number of benzene rings is 2. The summed E-state index contributed by atoms with van der Waals surface area (Å²) >= 11 is 0. The highest BCUT2D eigenvalue weighted by Crippen LogP contribution is 2.31. The standard InChI is InChI=1S/C26H35N3O3/c1-19(32-25-11-5-4-10-24(25)21-9-6-13-27-15-21)26(31)28-16-23(30)18-29-14-12-20-7-2-3-8-22(20)17-29/h2-5,7-8,10-11,19,21,23,27,30H,6,9,12-18H2,1H3,(H,28,31)/t19?,21-,23-/m1/s1. The molecule has 2 aromatic carbocycles. The molecule has 0 aromatic heterocycles. The number of nitrogens with zero attached hydrogens (tertiary/aromatic N) is 1. The molecule has 1 fully saturated rings. The first-order valence-corrected chi connectivity index (χ1v) is 11.8. The van der Waals surface area contributed by atoms with Crippen LogP contribution in [0.4, 0.5) is 0 Å². The van der Waals surface area contributed by atoms with Gasteiger partial charge in [-0.3, -0.25) is 9.69 Å². The predicted molar refractivity (Wildman–Crippen MR) is 126 cm³/mol. The Hall–Kier alpha value is -2.41. The average Bonchev–Trinajstić information content (AvgIpc) is 2.83. The molecule has 0 aliphatic carbocycles. The van der Waals surface area contributed by atoms with Crippen LogP contribution in [0, 0.1) is 0 Å². The lowest BCUT2D eigenvalue weighted by atomic mass is 9.91. The number of para-hydroxylation sites is 1. The van der Waals surface area contributed by atoms with E-state index >= 15 is 0 Å². The van der Waals surface area contributed by atoms with Crippen LogP contribution in [0.25, 0.3) is 0 Å². The zero-order chi connectivity index (χ0) is 22.3. The molecule has 32 heavy (non-hydrogen) atoms. The molecule has 4 rings (SSSR count). The molecule has 3 atom stereocenters. The van der Waals surface area contributed by atoms with E-state index in [-0.39, 0.29) is 12.5 Å². The number of ether oxygens (including phenoxy) is 1. The van der Waals surface area contributed by atoms with Crippen molar-refractivity contribution in [1.29, 1.82) is 0 Å². The van der Waals surface area contributed by atoms with Crippen molar-refractivity contribution in [2.75, 3.05) is 32.7 Å². The van der Waals surface area contributed by atoms with Crippen molar-refractivity contribution >= 4 is 5.91 Å². The summed E-state index contributed by atoms with van der Waals surface area (Å²) in [5, 5.41) is 16.8. The Morgan fingerprint density at radius 1 is 1.22 bits per heavy atom. The van der Waals surface area contributed by atoms with Gasteiger partial charge in [-0.1, -0.05) is 42.5 Å². The van der Waals surface area contributed by atoms with E-state index in [0.717, 1.165) is 56.8 Å². The second-order valence-corrected chi connectivity index (χ2v) is 8.99. The lowest BCUT2D eigenvalue weighted by molar-refractivity contribution is -0.127. The van der Waals surface area contributed by atoms with Gasteiger partial charge in [-0.2, -0.15) is 0 Å². The van der Waals surface area contributed by atoms with Gasteiger partial charge in [0.2, 0.25) is 0 Å². The molecule has 0 spiro atoms. The number of carbonyl (C=O) groups excluding carboxylic acids is 1. The first-order chi connectivity index (χ1) is 15.6.